The van der Waals surface area contributed by atoms with Crippen LogP contribution < -0.4 is 10.6 Å². The summed E-state index contributed by atoms with van der Waals surface area (Å²) in [5.74, 6) is 0. The minimum Gasteiger partial charge on any atom is -0.308 e. The van der Waals surface area contributed by atoms with E-state index in [1.165, 1.54) is 0 Å². The van der Waals surface area contributed by atoms with Gasteiger partial charge in [0.15, 0.2) is 0 Å². The number of benzene rings is 2. The maximum Gasteiger partial charge on any atom is 0.324 e. The van der Waals surface area contributed by atoms with Gasteiger partial charge in [0.2, 0.25) is 0 Å². The second kappa shape index (κ2) is 6.31. The van der Waals surface area contributed by atoms with Gasteiger partial charge in [-0.3, -0.25) is 5.32 Å². The maximum absolute atomic E-state index is 11.7. The van der Waals surface area contributed by atoms with Crippen molar-refractivity contribution in [2.75, 3.05) is 5.32 Å². The molecule has 0 atom stereocenters. The number of para-hydroxylation sites is 1. The summed E-state index contributed by atoms with van der Waals surface area (Å²) in [6.45, 7) is 0. The standard InChI is InChI=1S/C14H11ClN2OS/c15-11-8-6-10(7-9-11)13(19)17-14(18)16-12-4-2-1-3-5-12/h1-9H,(H2,16,17,18,19). The molecule has 2 rings (SSSR count). The van der Waals surface area contributed by atoms with Crippen molar-refractivity contribution < 1.29 is 4.79 Å². The molecular formula is C14H11ClN2OS. The monoisotopic (exact) mass is 290 g/mol. The van der Waals surface area contributed by atoms with E-state index in [-0.39, 0.29) is 6.03 Å². The summed E-state index contributed by atoms with van der Waals surface area (Å²) in [6, 6.07) is 15.7. The van der Waals surface area contributed by atoms with Gasteiger partial charge in [0, 0.05) is 16.3 Å². The fraction of sp³-hybridized carbons (Fsp3) is 0. The Labute approximate surface area is 121 Å². The maximum atomic E-state index is 11.7. The largest absolute Gasteiger partial charge is 0.324 e. The smallest absolute Gasteiger partial charge is 0.308 e. The zero-order chi connectivity index (χ0) is 13.7. The number of nitrogens with one attached hydrogen (secondary N) is 2. The molecule has 0 bridgehead atoms. The summed E-state index contributed by atoms with van der Waals surface area (Å²) in [4.78, 5) is 12.1. The topological polar surface area (TPSA) is 41.1 Å². The van der Waals surface area contributed by atoms with Crippen molar-refractivity contribution >= 4 is 40.5 Å². The van der Waals surface area contributed by atoms with Crippen molar-refractivity contribution in [3.05, 3.63) is 65.2 Å². The summed E-state index contributed by atoms with van der Waals surface area (Å²) in [5, 5.41) is 5.92. The molecule has 0 aliphatic heterocycles. The van der Waals surface area contributed by atoms with Crippen LogP contribution in [0.5, 0.6) is 0 Å². The normalized spacial score (nSPS) is 9.74. The van der Waals surface area contributed by atoms with Gasteiger partial charge in [-0.15, -0.1) is 0 Å². The first-order valence-electron chi connectivity index (χ1n) is 5.58. The van der Waals surface area contributed by atoms with Crippen LogP contribution in [0.2, 0.25) is 5.02 Å². The van der Waals surface area contributed by atoms with Gasteiger partial charge >= 0.3 is 6.03 Å². The molecule has 0 aromatic heterocycles. The predicted molar refractivity (Wildman–Crippen MR) is 81.7 cm³/mol. The van der Waals surface area contributed by atoms with E-state index in [0.29, 0.717) is 15.7 Å². The molecule has 2 aromatic rings. The van der Waals surface area contributed by atoms with E-state index in [2.05, 4.69) is 10.6 Å². The van der Waals surface area contributed by atoms with Crippen LogP contribution in [0.25, 0.3) is 0 Å². The first-order valence-corrected chi connectivity index (χ1v) is 6.37. The van der Waals surface area contributed by atoms with E-state index in [1.807, 2.05) is 18.2 Å². The molecule has 2 N–H and O–H groups in total. The van der Waals surface area contributed by atoms with E-state index >= 15 is 0 Å². The van der Waals surface area contributed by atoms with Crippen molar-refractivity contribution in [1.82, 2.24) is 5.32 Å². The Morgan fingerprint density at radius 1 is 1.00 bits per heavy atom. The van der Waals surface area contributed by atoms with Crippen LogP contribution in [0.4, 0.5) is 10.5 Å². The van der Waals surface area contributed by atoms with E-state index in [4.69, 9.17) is 23.8 Å². The zero-order valence-electron chi connectivity index (χ0n) is 9.89. The SMILES string of the molecule is O=C(NC(=S)c1ccc(Cl)cc1)Nc1ccccc1. The molecule has 0 aliphatic rings. The highest BCUT2D eigenvalue weighted by atomic mass is 35.5. The predicted octanol–water partition coefficient (Wildman–Crippen LogP) is 3.84. The Bertz CT molecular complexity index is 584. The molecule has 3 nitrogen and oxygen atoms in total. The summed E-state index contributed by atoms with van der Waals surface area (Å²) < 4.78 is 0. The minimum atomic E-state index is -0.369. The van der Waals surface area contributed by atoms with Gasteiger partial charge < -0.3 is 5.32 Å². The first kappa shape index (κ1) is 13.5. The Morgan fingerprint density at radius 3 is 2.26 bits per heavy atom. The number of thiocarbonyl (C=S) groups is 1. The van der Waals surface area contributed by atoms with Crippen molar-refractivity contribution in [2.24, 2.45) is 0 Å². The Kier molecular flexibility index (Phi) is 4.49. The zero-order valence-corrected chi connectivity index (χ0v) is 11.5. The molecule has 0 saturated carbocycles. The van der Waals surface area contributed by atoms with Crippen LogP contribution in [-0.2, 0) is 0 Å². The lowest BCUT2D eigenvalue weighted by atomic mass is 10.2. The third kappa shape index (κ3) is 4.05. The van der Waals surface area contributed by atoms with Gasteiger partial charge in [-0.2, -0.15) is 0 Å². The average molecular weight is 291 g/mol. The molecule has 5 heteroatoms. The van der Waals surface area contributed by atoms with Crippen LogP contribution in [0.1, 0.15) is 5.56 Å². The third-order valence-corrected chi connectivity index (χ3v) is 2.95. The molecule has 0 radical (unpaired) electrons. The number of rotatable bonds is 2. The number of hydrogen-bond acceptors (Lipinski definition) is 2. The number of halogens is 1. The number of hydrogen-bond donors (Lipinski definition) is 2. The average Bonchev–Trinajstić information content (AvgIpc) is 2.40. The second-order valence-corrected chi connectivity index (χ2v) is 4.63. The first-order chi connectivity index (χ1) is 9.15. The fourth-order valence-corrected chi connectivity index (χ4v) is 1.82. The molecule has 2 aromatic carbocycles. The minimum absolute atomic E-state index is 0.352. The summed E-state index contributed by atoms with van der Waals surface area (Å²) in [6.07, 6.45) is 0. The van der Waals surface area contributed by atoms with Crippen LogP contribution in [0.3, 0.4) is 0 Å². The lowest BCUT2D eigenvalue weighted by molar-refractivity contribution is 0.256. The number of amides is 2. The molecule has 96 valence electrons. The highest BCUT2D eigenvalue weighted by Gasteiger charge is 2.06. The molecule has 0 aliphatic carbocycles. The van der Waals surface area contributed by atoms with Gasteiger partial charge in [0.1, 0.15) is 4.99 Å². The lowest BCUT2D eigenvalue weighted by Gasteiger charge is -2.08. The Morgan fingerprint density at radius 2 is 1.63 bits per heavy atom. The Balaban J connectivity index is 1.95. The molecule has 0 spiro atoms. The fourth-order valence-electron chi connectivity index (χ4n) is 1.46. The highest BCUT2D eigenvalue weighted by molar-refractivity contribution is 7.80. The van der Waals surface area contributed by atoms with E-state index in [1.54, 1.807) is 36.4 Å². The van der Waals surface area contributed by atoms with Crippen molar-refractivity contribution in [3.63, 3.8) is 0 Å². The number of carbonyl (C=O) groups excluding carboxylic acids is 1. The third-order valence-electron chi connectivity index (χ3n) is 2.37. The van der Waals surface area contributed by atoms with Gasteiger partial charge in [0.25, 0.3) is 0 Å². The molecule has 0 saturated heterocycles. The summed E-state index contributed by atoms with van der Waals surface area (Å²) in [5.41, 5.74) is 1.45. The molecule has 19 heavy (non-hydrogen) atoms. The van der Waals surface area contributed by atoms with Gasteiger partial charge in [-0.05, 0) is 24.3 Å². The highest BCUT2D eigenvalue weighted by Crippen LogP contribution is 2.10. The van der Waals surface area contributed by atoms with Gasteiger partial charge in [0.05, 0.1) is 0 Å². The van der Waals surface area contributed by atoms with Gasteiger partial charge in [-0.25, -0.2) is 4.79 Å². The molecule has 0 unspecified atom stereocenters. The quantitative estimate of drug-likeness (QED) is 0.825. The van der Waals surface area contributed by atoms with Crippen LogP contribution in [-0.4, -0.2) is 11.0 Å². The molecule has 2 amide bonds. The van der Waals surface area contributed by atoms with Crippen molar-refractivity contribution in [2.45, 2.75) is 0 Å². The van der Waals surface area contributed by atoms with E-state index < -0.39 is 0 Å². The molecule has 0 heterocycles. The molecular weight excluding hydrogens is 280 g/mol. The van der Waals surface area contributed by atoms with Crippen LogP contribution >= 0.6 is 23.8 Å². The number of anilines is 1. The lowest BCUT2D eigenvalue weighted by Crippen LogP contribution is -2.33. The second-order valence-electron chi connectivity index (χ2n) is 3.78. The summed E-state index contributed by atoms with van der Waals surface area (Å²) >= 11 is 10.9. The van der Waals surface area contributed by atoms with Crippen LogP contribution in [0.15, 0.2) is 54.6 Å². The molecule has 0 fully saturated rings. The van der Waals surface area contributed by atoms with E-state index in [9.17, 15) is 4.79 Å². The van der Waals surface area contributed by atoms with Crippen molar-refractivity contribution in [1.29, 1.82) is 0 Å². The van der Waals surface area contributed by atoms with Gasteiger partial charge in [-0.1, -0.05) is 54.2 Å². The Hall–Kier alpha value is -1.91. The van der Waals surface area contributed by atoms with Crippen molar-refractivity contribution in [3.8, 4) is 0 Å². The number of urea groups is 1. The van der Waals surface area contributed by atoms with E-state index in [0.717, 1.165) is 5.56 Å². The van der Waals surface area contributed by atoms with Crippen LogP contribution in [0, 0.1) is 0 Å². The summed E-state index contributed by atoms with van der Waals surface area (Å²) in [7, 11) is 0. The number of carbonyl (C=O) groups is 1.